The van der Waals surface area contributed by atoms with Gasteiger partial charge in [-0.05, 0) is 31.2 Å². The molecule has 1 amide bonds. The highest BCUT2D eigenvalue weighted by Crippen LogP contribution is 2.00. The molecular weight excluding hydrogens is 258 g/mol. The second-order valence-corrected chi connectivity index (χ2v) is 4.64. The molecule has 1 heterocycles. The Morgan fingerprint density at radius 1 is 1.40 bits per heavy atom. The Labute approximate surface area is 119 Å². The van der Waals surface area contributed by atoms with Crippen molar-refractivity contribution < 1.29 is 14.3 Å². The normalized spacial score (nSPS) is 12.0. The Kier molecular flexibility index (Phi) is 6.66. The quantitative estimate of drug-likeness (QED) is 0.724. The highest BCUT2D eigenvalue weighted by atomic mass is 16.5. The molecule has 1 aromatic heterocycles. The maximum absolute atomic E-state index is 11.6. The number of rotatable bonds is 7. The molecule has 0 saturated heterocycles. The number of likely N-dealkylation sites (N-methyl/N-ethyl adjacent to an activating group) is 1. The number of hydrogen-bond acceptors (Lipinski definition) is 5. The van der Waals surface area contributed by atoms with Crippen LogP contribution in [0.1, 0.15) is 12.5 Å². The highest BCUT2D eigenvalue weighted by Gasteiger charge is 2.21. The van der Waals surface area contributed by atoms with Crippen molar-refractivity contribution in [2.24, 2.45) is 0 Å². The lowest BCUT2D eigenvalue weighted by atomic mass is 10.2. The minimum Gasteiger partial charge on any atom is -0.467 e. The first-order chi connectivity index (χ1) is 9.52. The lowest BCUT2D eigenvalue weighted by molar-refractivity contribution is -0.145. The van der Waals surface area contributed by atoms with Gasteiger partial charge in [-0.25, -0.2) is 4.79 Å². The number of nitrogens with zero attached hydrogens (tertiary/aromatic N) is 2. The standard InChI is InChI=1S/C14H21N3O3/c1-11(18)16-13(14(19)20-3)10-17(2)9-6-12-4-7-15-8-5-12/h4-5,7-8,13H,6,9-10H2,1-3H3,(H,16,18). The van der Waals surface area contributed by atoms with Crippen molar-refractivity contribution in [1.29, 1.82) is 0 Å². The molecule has 6 heteroatoms. The zero-order valence-electron chi connectivity index (χ0n) is 12.1. The first kappa shape index (κ1) is 16.1. The molecule has 0 aliphatic carbocycles. The summed E-state index contributed by atoms with van der Waals surface area (Å²) in [5.41, 5.74) is 1.18. The fraction of sp³-hybridized carbons (Fsp3) is 0.500. The predicted molar refractivity (Wildman–Crippen MR) is 75.1 cm³/mol. The summed E-state index contributed by atoms with van der Waals surface area (Å²) in [7, 11) is 3.22. The van der Waals surface area contributed by atoms with Crippen LogP contribution in [0.3, 0.4) is 0 Å². The molecule has 0 bridgehead atoms. The highest BCUT2D eigenvalue weighted by molar-refractivity contribution is 5.83. The Morgan fingerprint density at radius 2 is 2.05 bits per heavy atom. The van der Waals surface area contributed by atoms with Crippen LogP contribution in [-0.2, 0) is 20.7 Å². The Balaban J connectivity index is 2.47. The Bertz CT molecular complexity index is 437. The molecule has 0 aromatic carbocycles. The van der Waals surface area contributed by atoms with Crippen LogP contribution < -0.4 is 5.32 Å². The maximum atomic E-state index is 11.6. The van der Waals surface area contributed by atoms with Crippen molar-refractivity contribution in [2.75, 3.05) is 27.2 Å². The average molecular weight is 279 g/mol. The molecular formula is C14H21N3O3. The predicted octanol–water partition coefficient (Wildman–Crippen LogP) is 0.234. The number of aromatic nitrogens is 1. The summed E-state index contributed by atoms with van der Waals surface area (Å²) in [5, 5.41) is 2.59. The SMILES string of the molecule is COC(=O)C(CN(C)CCc1ccncc1)NC(C)=O. The number of esters is 1. The second-order valence-electron chi connectivity index (χ2n) is 4.64. The summed E-state index contributed by atoms with van der Waals surface area (Å²) >= 11 is 0. The Morgan fingerprint density at radius 3 is 2.60 bits per heavy atom. The van der Waals surface area contributed by atoms with Gasteiger partial charge in [0.05, 0.1) is 7.11 Å². The number of carbonyl (C=O) groups is 2. The van der Waals surface area contributed by atoms with Crippen molar-refractivity contribution in [3.8, 4) is 0 Å². The summed E-state index contributed by atoms with van der Waals surface area (Å²) in [6.45, 7) is 2.57. The molecule has 1 unspecified atom stereocenters. The van der Waals surface area contributed by atoms with Crippen LogP contribution >= 0.6 is 0 Å². The molecule has 0 spiro atoms. The number of ether oxygens (including phenoxy) is 1. The molecule has 1 N–H and O–H groups in total. The van der Waals surface area contributed by atoms with Crippen LogP contribution in [-0.4, -0.2) is 55.0 Å². The molecule has 20 heavy (non-hydrogen) atoms. The zero-order chi connectivity index (χ0) is 15.0. The van der Waals surface area contributed by atoms with E-state index in [0.717, 1.165) is 13.0 Å². The van der Waals surface area contributed by atoms with Gasteiger partial charge < -0.3 is 15.0 Å². The van der Waals surface area contributed by atoms with Crippen molar-refractivity contribution >= 4 is 11.9 Å². The number of pyridine rings is 1. The van der Waals surface area contributed by atoms with Crippen LogP contribution in [0, 0.1) is 0 Å². The van der Waals surface area contributed by atoms with E-state index in [-0.39, 0.29) is 5.91 Å². The number of amides is 1. The van der Waals surface area contributed by atoms with Gasteiger partial charge in [-0.1, -0.05) is 0 Å². The largest absolute Gasteiger partial charge is 0.467 e. The van der Waals surface area contributed by atoms with E-state index >= 15 is 0 Å². The number of hydrogen-bond donors (Lipinski definition) is 1. The lowest BCUT2D eigenvalue weighted by Crippen LogP contribution is -2.47. The summed E-state index contributed by atoms with van der Waals surface area (Å²) in [5.74, 6) is -0.682. The van der Waals surface area contributed by atoms with Crippen LogP contribution in [0.5, 0.6) is 0 Å². The molecule has 110 valence electrons. The van der Waals surface area contributed by atoms with E-state index in [1.165, 1.54) is 19.6 Å². The molecule has 6 nitrogen and oxygen atoms in total. The lowest BCUT2D eigenvalue weighted by Gasteiger charge is -2.22. The third-order valence-corrected chi connectivity index (χ3v) is 2.89. The third kappa shape index (κ3) is 5.79. The molecule has 0 aliphatic heterocycles. The first-order valence-corrected chi connectivity index (χ1v) is 6.45. The maximum Gasteiger partial charge on any atom is 0.329 e. The van der Waals surface area contributed by atoms with E-state index in [4.69, 9.17) is 0 Å². The summed E-state index contributed by atoms with van der Waals surface area (Å²) < 4.78 is 4.69. The first-order valence-electron chi connectivity index (χ1n) is 6.45. The van der Waals surface area contributed by atoms with E-state index in [0.29, 0.717) is 6.54 Å². The fourth-order valence-corrected chi connectivity index (χ4v) is 1.84. The van der Waals surface area contributed by atoms with Crippen molar-refractivity contribution in [1.82, 2.24) is 15.2 Å². The molecule has 0 aliphatic rings. The second kappa shape index (κ2) is 8.27. The number of methoxy groups -OCH3 is 1. The van der Waals surface area contributed by atoms with Crippen LogP contribution in [0.25, 0.3) is 0 Å². The van der Waals surface area contributed by atoms with Crippen molar-refractivity contribution in [2.45, 2.75) is 19.4 Å². The monoisotopic (exact) mass is 279 g/mol. The van der Waals surface area contributed by atoms with Gasteiger partial charge in [0.1, 0.15) is 6.04 Å². The minimum atomic E-state index is -0.639. The van der Waals surface area contributed by atoms with E-state index in [1.54, 1.807) is 12.4 Å². The molecule has 1 rings (SSSR count). The van der Waals surface area contributed by atoms with Gasteiger partial charge in [0, 0.05) is 32.4 Å². The smallest absolute Gasteiger partial charge is 0.329 e. The van der Waals surface area contributed by atoms with Gasteiger partial charge in [0.2, 0.25) is 5.91 Å². The Hall–Kier alpha value is -1.95. The summed E-state index contributed by atoms with van der Waals surface area (Å²) in [4.78, 5) is 28.6. The van der Waals surface area contributed by atoms with Crippen LogP contribution in [0.15, 0.2) is 24.5 Å². The molecule has 1 atom stereocenters. The van der Waals surface area contributed by atoms with Gasteiger partial charge in [0.25, 0.3) is 0 Å². The zero-order valence-corrected chi connectivity index (χ0v) is 12.1. The van der Waals surface area contributed by atoms with Crippen molar-refractivity contribution in [3.05, 3.63) is 30.1 Å². The van der Waals surface area contributed by atoms with E-state index < -0.39 is 12.0 Å². The van der Waals surface area contributed by atoms with E-state index in [1.807, 2.05) is 24.1 Å². The molecule has 0 radical (unpaired) electrons. The van der Waals surface area contributed by atoms with Gasteiger partial charge in [-0.3, -0.25) is 9.78 Å². The van der Waals surface area contributed by atoms with E-state index in [2.05, 4.69) is 15.0 Å². The average Bonchev–Trinajstić information content (AvgIpc) is 2.44. The van der Waals surface area contributed by atoms with Crippen LogP contribution in [0.2, 0.25) is 0 Å². The number of nitrogens with one attached hydrogen (secondary N) is 1. The molecule has 0 fully saturated rings. The van der Waals surface area contributed by atoms with Crippen LogP contribution in [0.4, 0.5) is 0 Å². The summed E-state index contributed by atoms with van der Waals surface area (Å²) in [6, 6.07) is 3.28. The van der Waals surface area contributed by atoms with E-state index in [9.17, 15) is 9.59 Å². The van der Waals surface area contributed by atoms with Gasteiger partial charge >= 0.3 is 5.97 Å². The molecule has 1 aromatic rings. The number of carbonyl (C=O) groups excluding carboxylic acids is 2. The summed E-state index contributed by atoms with van der Waals surface area (Å²) in [6.07, 6.45) is 4.36. The van der Waals surface area contributed by atoms with Gasteiger partial charge in [0.15, 0.2) is 0 Å². The topological polar surface area (TPSA) is 71.5 Å². The minimum absolute atomic E-state index is 0.247. The van der Waals surface area contributed by atoms with Gasteiger partial charge in [-0.15, -0.1) is 0 Å². The molecule has 0 saturated carbocycles. The van der Waals surface area contributed by atoms with Crippen molar-refractivity contribution in [3.63, 3.8) is 0 Å². The van der Waals surface area contributed by atoms with Gasteiger partial charge in [-0.2, -0.15) is 0 Å². The third-order valence-electron chi connectivity index (χ3n) is 2.89. The fourth-order valence-electron chi connectivity index (χ4n) is 1.84.